The second-order valence-corrected chi connectivity index (χ2v) is 6.40. The van der Waals surface area contributed by atoms with Crippen LogP contribution in [0.5, 0.6) is 5.75 Å². The fraction of sp³-hybridized carbons (Fsp3) is 0.353. The van der Waals surface area contributed by atoms with E-state index in [-0.39, 0.29) is 41.6 Å². The van der Waals surface area contributed by atoms with Crippen molar-refractivity contribution in [2.75, 3.05) is 30.3 Å². The minimum absolute atomic E-state index is 0.0140. The zero-order valence-corrected chi connectivity index (χ0v) is 13.9. The van der Waals surface area contributed by atoms with Gasteiger partial charge in [0.2, 0.25) is 0 Å². The van der Waals surface area contributed by atoms with Gasteiger partial charge in [-0.25, -0.2) is 9.18 Å². The van der Waals surface area contributed by atoms with Crippen LogP contribution in [0.3, 0.4) is 0 Å². The predicted molar refractivity (Wildman–Crippen MR) is 91.7 cm³/mol. The number of nitrogens with one attached hydrogen (secondary N) is 3. The van der Waals surface area contributed by atoms with Crippen molar-refractivity contribution >= 4 is 23.3 Å². The van der Waals surface area contributed by atoms with Crippen LogP contribution in [0, 0.1) is 5.82 Å². The van der Waals surface area contributed by atoms with Gasteiger partial charge in [0.1, 0.15) is 0 Å². The van der Waals surface area contributed by atoms with Crippen LogP contribution in [0.2, 0.25) is 0 Å². The van der Waals surface area contributed by atoms with E-state index in [2.05, 4.69) is 20.8 Å². The second kappa shape index (κ2) is 6.66. The lowest BCUT2D eigenvalue weighted by molar-refractivity contribution is -0.118. The maximum atomic E-state index is 14.1. The standard InChI is InChI=1S/C17H18FN5O3/c18-12-6-11(7-14-16(12)26-9-15(24)21-14)20-17(25)23-5-1-2-10(8-23)13-3-4-19-22-13/h3-4,6-7,10H,1-2,5,8-9H2,(H,19,22)(H,20,25)(H,21,24)/t10-/m1/s1. The molecule has 9 heteroatoms. The van der Waals surface area contributed by atoms with Gasteiger partial charge in [0.05, 0.1) is 5.69 Å². The van der Waals surface area contributed by atoms with E-state index in [9.17, 15) is 14.0 Å². The van der Waals surface area contributed by atoms with E-state index in [1.54, 1.807) is 11.1 Å². The van der Waals surface area contributed by atoms with Crippen molar-refractivity contribution < 1.29 is 18.7 Å². The molecule has 0 radical (unpaired) electrons. The minimum atomic E-state index is -0.633. The third-order valence-corrected chi connectivity index (χ3v) is 4.59. The zero-order valence-electron chi connectivity index (χ0n) is 13.9. The molecular weight excluding hydrogens is 341 g/mol. The van der Waals surface area contributed by atoms with E-state index >= 15 is 0 Å². The molecular formula is C17H18FN5O3. The number of carbonyl (C=O) groups is 2. The number of aromatic nitrogens is 2. The van der Waals surface area contributed by atoms with E-state index in [0.717, 1.165) is 18.5 Å². The normalized spacial score (nSPS) is 19.3. The number of hydrogen-bond acceptors (Lipinski definition) is 4. The number of benzene rings is 1. The molecule has 2 aromatic rings. The molecule has 2 aliphatic heterocycles. The Balaban J connectivity index is 1.47. The largest absolute Gasteiger partial charge is 0.478 e. The highest BCUT2D eigenvalue weighted by atomic mass is 19.1. The average Bonchev–Trinajstić information content (AvgIpc) is 3.16. The van der Waals surface area contributed by atoms with Crippen molar-refractivity contribution in [3.63, 3.8) is 0 Å². The number of ether oxygens (including phenoxy) is 1. The van der Waals surface area contributed by atoms with Crippen molar-refractivity contribution in [3.05, 3.63) is 35.9 Å². The van der Waals surface area contributed by atoms with Gasteiger partial charge in [-0.2, -0.15) is 5.10 Å². The summed E-state index contributed by atoms with van der Waals surface area (Å²) in [6.07, 6.45) is 3.54. The molecule has 2 aliphatic rings. The van der Waals surface area contributed by atoms with Gasteiger partial charge < -0.3 is 20.3 Å². The van der Waals surface area contributed by atoms with Crippen molar-refractivity contribution in [2.45, 2.75) is 18.8 Å². The van der Waals surface area contributed by atoms with E-state index in [1.807, 2.05) is 6.07 Å². The van der Waals surface area contributed by atoms with Gasteiger partial charge in [0.25, 0.3) is 5.91 Å². The third-order valence-electron chi connectivity index (χ3n) is 4.59. The highest BCUT2D eigenvalue weighted by Crippen LogP contribution is 2.34. The summed E-state index contributed by atoms with van der Waals surface area (Å²) in [5.74, 6) is -0.810. The molecule has 1 atom stereocenters. The summed E-state index contributed by atoms with van der Waals surface area (Å²) in [5.41, 5.74) is 1.48. The number of amides is 3. The maximum absolute atomic E-state index is 14.1. The molecule has 3 amide bonds. The summed E-state index contributed by atoms with van der Waals surface area (Å²) in [7, 11) is 0. The Hall–Kier alpha value is -3.10. The van der Waals surface area contributed by atoms with Crippen LogP contribution >= 0.6 is 0 Å². The number of rotatable bonds is 2. The van der Waals surface area contributed by atoms with Gasteiger partial charge in [-0.3, -0.25) is 9.89 Å². The maximum Gasteiger partial charge on any atom is 0.321 e. The van der Waals surface area contributed by atoms with E-state index in [4.69, 9.17) is 4.74 Å². The number of halogens is 1. The van der Waals surface area contributed by atoms with E-state index < -0.39 is 5.82 Å². The number of H-pyrrole nitrogens is 1. The first-order chi connectivity index (χ1) is 12.6. The Morgan fingerprint density at radius 2 is 2.31 bits per heavy atom. The number of anilines is 2. The van der Waals surface area contributed by atoms with Crippen LogP contribution in [-0.4, -0.2) is 46.7 Å². The molecule has 0 saturated carbocycles. The third kappa shape index (κ3) is 3.19. The Bertz CT molecular complexity index is 839. The molecule has 0 spiro atoms. The van der Waals surface area contributed by atoms with Crippen LogP contribution in [0.4, 0.5) is 20.6 Å². The summed E-state index contributed by atoms with van der Waals surface area (Å²) in [6.45, 7) is 0.962. The fourth-order valence-electron chi connectivity index (χ4n) is 3.34. The fourth-order valence-corrected chi connectivity index (χ4v) is 3.34. The molecule has 0 aliphatic carbocycles. The van der Waals surface area contributed by atoms with Crippen molar-refractivity contribution in [1.29, 1.82) is 0 Å². The summed E-state index contributed by atoms with van der Waals surface area (Å²) in [5, 5.41) is 12.1. The highest BCUT2D eigenvalue weighted by molar-refractivity contribution is 5.97. The summed E-state index contributed by atoms with van der Waals surface area (Å²) < 4.78 is 19.2. The lowest BCUT2D eigenvalue weighted by Crippen LogP contribution is -2.41. The molecule has 26 heavy (non-hydrogen) atoms. The molecule has 3 heterocycles. The Kier molecular flexibility index (Phi) is 4.19. The van der Waals surface area contributed by atoms with Crippen molar-refractivity contribution in [3.8, 4) is 5.75 Å². The van der Waals surface area contributed by atoms with Crippen LogP contribution in [0.25, 0.3) is 0 Å². The molecule has 8 nitrogen and oxygen atoms in total. The zero-order chi connectivity index (χ0) is 18.1. The average molecular weight is 359 g/mol. The number of likely N-dealkylation sites (tertiary alicyclic amines) is 1. The van der Waals surface area contributed by atoms with Gasteiger partial charge >= 0.3 is 6.03 Å². The van der Waals surface area contributed by atoms with Gasteiger partial charge in [-0.05, 0) is 25.0 Å². The second-order valence-electron chi connectivity index (χ2n) is 6.40. The van der Waals surface area contributed by atoms with E-state index in [0.29, 0.717) is 13.1 Å². The van der Waals surface area contributed by atoms with Crippen LogP contribution in [0.15, 0.2) is 24.4 Å². The van der Waals surface area contributed by atoms with Crippen LogP contribution in [-0.2, 0) is 4.79 Å². The van der Waals surface area contributed by atoms with Gasteiger partial charge in [-0.1, -0.05) is 0 Å². The van der Waals surface area contributed by atoms with Crippen LogP contribution in [0.1, 0.15) is 24.5 Å². The molecule has 1 fully saturated rings. The molecule has 1 aromatic heterocycles. The minimum Gasteiger partial charge on any atom is -0.478 e. The van der Waals surface area contributed by atoms with Gasteiger partial charge in [0, 0.05) is 42.7 Å². The van der Waals surface area contributed by atoms with Crippen LogP contribution < -0.4 is 15.4 Å². The number of urea groups is 1. The molecule has 1 aromatic carbocycles. The first-order valence-corrected chi connectivity index (χ1v) is 8.41. The smallest absolute Gasteiger partial charge is 0.321 e. The molecule has 0 bridgehead atoms. The molecule has 0 unspecified atom stereocenters. The van der Waals surface area contributed by atoms with Gasteiger partial charge in [0.15, 0.2) is 18.2 Å². The van der Waals surface area contributed by atoms with Gasteiger partial charge in [-0.15, -0.1) is 0 Å². The Morgan fingerprint density at radius 3 is 3.12 bits per heavy atom. The topological polar surface area (TPSA) is 99.3 Å². The molecule has 1 saturated heterocycles. The number of piperidine rings is 1. The summed E-state index contributed by atoms with van der Waals surface area (Å²) in [4.78, 5) is 25.7. The SMILES string of the molecule is O=C1COc2c(F)cc(NC(=O)N3CCC[C@@H](c4ccn[nH]4)C3)cc2N1. The summed E-state index contributed by atoms with van der Waals surface area (Å²) in [6, 6.07) is 4.28. The van der Waals surface area contributed by atoms with Crippen molar-refractivity contribution in [1.82, 2.24) is 15.1 Å². The molecule has 136 valence electrons. The number of hydrogen-bond donors (Lipinski definition) is 3. The highest BCUT2D eigenvalue weighted by Gasteiger charge is 2.26. The monoisotopic (exact) mass is 359 g/mol. The summed E-state index contributed by atoms with van der Waals surface area (Å²) >= 11 is 0. The Labute approximate surface area is 148 Å². The predicted octanol–water partition coefficient (Wildman–Crippen LogP) is 2.29. The van der Waals surface area contributed by atoms with Crippen molar-refractivity contribution in [2.24, 2.45) is 0 Å². The number of aromatic amines is 1. The Morgan fingerprint density at radius 1 is 1.42 bits per heavy atom. The van der Waals surface area contributed by atoms with E-state index in [1.165, 1.54) is 12.1 Å². The number of fused-ring (bicyclic) bond motifs is 1. The molecule has 4 rings (SSSR count). The first kappa shape index (κ1) is 16.4. The number of carbonyl (C=O) groups excluding carboxylic acids is 2. The molecule has 3 N–H and O–H groups in total. The number of nitrogens with zero attached hydrogens (tertiary/aromatic N) is 2. The lowest BCUT2D eigenvalue weighted by Gasteiger charge is -2.32. The quantitative estimate of drug-likeness (QED) is 0.766. The first-order valence-electron chi connectivity index (χ1n) is 8.41. The lowest BCUT2D eigenvalue weighted by atomic mass is 9.95.